The normalized spacial score (nSPS) is 20.4. The molecule has 1 amide bonds. The predicted molar refractivity (Wildman–Crippen MR) is 65.9 cm³/mol. The number of hydrogen-bond acceptors (Lipinski definition) is 4. The molecule has 6 nitrogen and oxygen atoms in total. The first-order valence-corrected chi connectivity index (χ1v) is 6.12. The summed E-state index contributed by atoms with van der Waals surface area (Å²) in [6.07, 6.45) is 0.558. The summed E-state index contributed by atoms with van der Waals surface area (Å²) in [5, 5.41) is 11.6. The van der Waals surface area contributed by atoms with E-state index in [0.717, 1.165) is 32.7 Å². The van der Waals surface area contributed by atoms with E-state index in [1.54, 1.807) is 4.90 Å². The molecule has 6 heteroatoms. The Balaban J connectivity index is 2.58. The second-order valence-electron chi connectivity index (χ2n) is 4.25. The molecular formula is C11H22N4O2. The van der Waals surface area contributed by atoms with E-state index in [4.69, 9.17) is 10.9 Å². The molecule has 0 aromatic carbocycles. The summed E-state index contributed by atoms with van der Waals surface area (Å²) < 4.78 is 0. The quantitative estimate of drug-likeness (QED) is 0.313. The standard InChI is InChI=1S/C11H22N4O2/c1-3-9(10(12)13-17)11(16)15-7-5-14(4-2)6-8-15/h9,17H,3-8H2,1-2H3,(H2,12,13). The maximum absolute atomic E-state index is 12.2. The van der Waals surface area contributed by atoms with Gasteiger partial charge in [0, 0.05) is 26.2 Å². The van der Waals surface area contributed by atoms with E-state index in [1.165, 1.54) is 0 Å². The number of rotatable bonds is 4. The van der Waals surface area contributed by atoms with Gasteiger partial charge in [0.25, 0.3) is 0 Å². The maximum Gasteiger partial charge on any atom is 0.233 e. The molecule has 17 heavy (non-hydrogen) atoms. The van der Waals surface area contributed by atoms with Crippen LogP contribution in [0.5, 0.6) is 0 Å². The molecule has 1 unspecified atom stereocenters. The molecule has 1 aliphatic rings. The largest absolute Gasteiger partial charge is 0.409 e. The highest BCUT2D eigenvalue weighted by atomic mass is 16.4. The smallest absolute Gasteiger partial charge is 0.233 e. The molecule has 0 aromatic heterocycles. The third kappa shape index (κ3) is 3.33. The number of nitrogens with two attached hydrogens (primary N) is 1. The highest BCUT2D eigenvalue weighted by Gasteiger charge is 2.28. The zero-order valence-corrected chi connectivity index (χ0v) is 10.6. The minimum absolute atomic E-state index is 0.00965. The molecule has 0 aromatic rings. The topological polar surface area (TPSA) is 82.2 Å². The van der Waals surface area contributed by atoms with Crippen molar-refractivity contribution in [1.29, 1.82) is 0 Å². The van der Waals surface area contributed by atoms with Crippen molar-refractivity contribution in [2.45, 2.75) is 20.3 Å². The maximum atomic E-state index is 12.2. The summed E-state index contributed by atoms with van der Waals surface area (Å²) in [6.45, 7) is 8.23. The first kappa shape index (κ1) is 13.8. The second kappa shape index (κ2) is 6.44. The average Bonchev–Trinajstić information content (AvgIpc) is 2.39. The summed E-state index contributed by atoms with van der Waals surface area (Å²) in [7, 11) is 0. The van der Waals surface area contributed by atoms with Crippen LogP contribution in [-0.2, 0) is 4.79 Å². The molecule has 0 saturated carbocycles. The number of hydrogen-bond donors (Lipinski definition) is 2. The summed E-state index contributed by atoms with van der Waals surface area (Å²) in [5.74, 6) is -0.512. The van der Waals surface area contributed by atoms with Gasteiger partial charge in [-0.2, -0.15) is 0 Å². The van der Waals surface area contributed by atoms with Crippen molar-refractivity contribution in [2.75, 3.05) is 32.7 Å². The van der Waals surface area contributed by atoms with Gasteiger partial charge in [0.1, 0.15) is 0 Å². The van der Waals surface area contributed by atoms with E-state index < -0.39 is 5.92 Å². The summed E-state index contributed by atoms with van der Waals surface area (Å²) in [4.78, 5) is 16.3. The molecule has 1 fully saturated rings. The lowest BCUT2D eigenvalue weighted by Crippen LogP contribution is -2.51. The third-order valence-electron chi connectivity index (χ3n) is 3.31. The molecule has 1 saturated heterocycles. The van der Waals surface area contributed by atoms with Crippen LogP contribution in [0.15, 0.2) is 5.16 Å². The summed E-state index contributed by atoms with van der Waals surface area (Å²) >= 11 is 0. The fourth-order valence-electron chi connectivity index (χ4n) is 2.08. The van der Waals surface area contributed by atoms with Gasteiger partial charge in [-0.15, -0.1) is 0 Å². The Labute approximate surface area is 102 Å². The van der Waals surface area contributed by atoms with E-state index >= 15 is 0 Å². The zero-order valence-electron chi connectivity index (χ0n) is 10.6. The Morgan fingerprint density at radius 3 is 2.35 bits per heavy atom. The zero-order chi connectivity index (χ0) is 12.8. The van der Waals surface area contributed by atoms with E-state index in [0.29, 0.717) is 6.42 Å². The summed E-state index contributed by atoms with van der Waals surface area (Å²) in [6, 6.07) is 0. The Hall–Kier alpha value is -1.30. The van der Waals surface area contributed by atoms with Crippen LogP contribution in [0.2, 0.25) is 0 Å². The number of amides is 1. The molecule has 1 aliphatic heterocycles. The van der Waals surface area contributed by atoms with Crippen LogP contribution in [0, 0.1) is 5.92 Å². The molecule has 98 valence electrons. The van der Waals surface area contributed by atoms with Crippen molar-refractivity contribution in [3.05, 3.63) is 0 Å². The van der Waals surface area contributed by atoms with Crippen molar-refractivity contribution in [3.63, 3.8) is 0 Å². The first-order valence-electron chi connectivity index (χ1n) is 6.12. The van der Waals surface area contributed by atoms with Crippen molar-refractivity contribution >= 4 is 11.7 Å². The molecule has 1 atom stereocenters. The third-order valence-corrected chi connectivity index (χ3v) is 3.31. The van der Waals surface area contributed by atoms with Gasteiger partial charge in [-0.3, -0.25) is 4.79 Å². The van der Waals surface area contributed by atoms with E-state index in [2.05, 4.69) is 17.0 Å². The second-order valence-corrected chi connectivity index (χ2v) is 4.25. The number of likely N-dealkylation sites (N-methyl/N-ethyl adjacent to an activating group) is 1. The Morgan fingerprint density at radius 1 is 1.35 bits per heavy atom. The van der Waals surface area contributed by atoms with E-state index in [9.17, 15) is 4.79 Å². The Bertz CT molecular complexity index is 285. The van der Waals surface area contributed by atoms with Gasteiger partial charge in [0.05, 0.1) is 5.92 Å². The van der Waals surface area contributed by atoms with Crippen LogP contribution >= 0.6 is 0 Å². The van der Waals surface area contributed by atoms with Crippen molar-refractivity contribution in [2.24, 2.45) is 16.8 Å². The lowest BCUT2D eigenvalue weighted by Gasteiger charge is -2.35. The van der Waals surface area contributed by atoms with Crippen LogP contribution in [0.1, 0.15) is 20.3 Å². The number of carbonyl (C=O) groups excluding carboxylic acids is 1. The van der Waals surface area contributed by atoms with Crippen LogP contribution < -0.4 is 5.73 Å². The fourth-order valence-corrected chi connectivity index (χ4v) is 2.08. The molecule has 0 aliphatic carbocycles. The highest BCUT2D eigenvalue weighted by Crippen LogP contribution is 2.11. The van der Waals surface area contributed by atoms with E-state index in [-0.39, 0.29) is 11.7 Å². The molecule has 0 radical (unpaired) electrons. The van der Waals surface area contributed by atoms with E-state index in [1.807, 2.05) is 6.92 Å². The van der Waals surface area contributed by atoms with Crippen molar-refractivity contribution in [3.8, 4) is 0 Å². The molecule has 0 bridgehead atoms. The van der Waals surface area contributed by atoms with Gasteiger partial charge < -0.3 is 20.7 Å². The minimum Gasteiger partial charge on any atom is -0.409 e. The molecular weight excluding hydrogens is 220 g/mol. The SMILES string of the molecule is CCC(C(=O)N1CCN(CC)CC1)C(N)=NO. The summed E-state index contributed by atoms with van der Waals surface area (Å²) in [5.41, 5.74) is 5.53. The average molecular weight is 242 g/mol. The van der Waals surface area contributed by atoms with Crippen LogP contribution in [0.4, 0.5) is 0 Å². The molecule has 3 N–H and O–H groups in total. The predicted octanol–water partition coefficient (Wildman–Crippen LogP) is -0.0769. The van der Waals surface area contributed by atoms with Crippen molar-refractivity contribution < 1.29 is 10.0 Å². The van der Waals surface area contributed by atoms with Crippen LogP contribution in [0.3, 0.4) is 0 Å². The molecule has 0 spiro atoms. The van der Waals surface area contributed by atoms with Gasteiger partial charge >= 0.3 is 0 Å². The van der Waals surface area contributed by atoms with Crippen LogP contribution in [-0.4, -0.2) is 59.5 Å². The van der Waals surface area contributed by atoms with Crippen LogP contribution in [0.25, 0.3) is 0 Å². The number of nitrogens with zero attached hydrogens (tertiary/aromatic N) is 3. The van der Waals surface area contributed by atoms with Gasteiger partial charge in [-0.05, 0) is 13.0 Å². The number of oxime groups is 1. The minimum atomic E-state index is -0.492. The number of carbonyl (C=O) groups is 1. The lowest BCUT2D eigenvalue weighted by molar-refractivity contribution is -0.135. The number of amidine groups is 1. The lowest BCUT2D eigenvalue weighted by atomic mass is 10.0. The Kier molecular flexibility index (Phi) is 5.21. The molecule has 1 heterocycles. The Morgan fingerprint density at radius 2 is 1.94 bits per heavy atom. The van der Waals surface area contributed by atoms with Gasteiger partial charge in [0.2, 0.25) is 5.91 Å². The highest BCUT2D eigenvalue weighted by molar-refractivity contribution is 6.02. The van der Waals surface area contributed by atoms with Gasteiger partial charge in [0.15, 0.2) is 5.84 Å². The molecule has 1 rings (SSSR count). The monoisotopic (exact) mass is 242 g/mol. The number of piperazine rings is 1. The van der Waals surface area contributed by atoms with Gasteiger partial charge in [-0.25, -0.2) is 0 Å². The fraction of sp³-hybridized carbons (Fsp3) is 0.818. The van der Waals surface area contributed by atoms with Gasteiger partial charge in [-0.1, -0.05) is 19.0 Å². The van der Waals surface area contributed by atoms with Crippen molar-refractivity contribution in [1.82, 2.24) is 9.80 Å². The first-order chi connectivity index (χ1) is 8.13.